The van der Waals surface area contributed by atoms with Crippen molar-refractivity contribution in [3.8, 4) is 0 Å². The van der Waals surface area contributed by atoms with E-state index in [0.717, 1.165) is 39.3 Å². The van der Waals surface area contributed by atoms with Gasteiger partial charge in [0.25, 0.3) is 15.9 Å². The van der Waals surface area contributed by atoms with Crippen molar-refractivity contribution < 1.29 is 27.5 Å². The predicted molar refractivity (Wildman–Crippen MR) is 119 cm³/mol. The number of sulfonamides is 1. The fourth-order valence-electron chi connectivity index (χ4n) is 4.52. The molecule has 0 aromatic carbocycles. The normalized spacial score (nSPS) is 22.3. The Morgan fingerprint density at radius 2 is 1.94 bits per heavy atom. The third kappa shape index (κ3) is 4.62. The molecule has 4 rings (SSSR count). The number of morpholine rings is 1. The van der Waals surface area contributed by atoms with Crippen LogP contribution in [0.1, 0.15) is 26.2 Å². The number of hydrogen-bond donors (Lipinski definition) is 1. The first-order chi connectivity index (χ1) is 15.3. The van der Waals surface area contributed by atoms with Crippen LogP contribution >= 0.6 is 11.3 Å². The van der Waals surface area contributed by atoms with Gasteiger partial charge < -0.3 is 14.8 Å². The minimum Gasteiger partial charge on any atom is -0.450 e. The number of nitrogens with one attached hydrogen (secondary N) is 1. The molecule has 0 unspecified atom stereocenters. The third-order valence-electron chi connectivity index (χ3n) is 6.31. The lowest BCUT2D eigenvalue weighted by Gasteiger charge is -2.38. The Morgan fingerprint density at radius 1 is 1.22 bits per heavy atom. The van der Waals surface area contributed by atoms with E-state index in [9.17, 15) is 18.0 Å². The molecule has 9 nitrogen and oxygen atoms in total. The molecular weight excluding hydrogens is 454 g/mol. The summed E-state index contributed by atoms with van der Waals surface area (Å²) in [6.45, 7) is 6.62. The number of thiophene rings is 1. The molecule has 176 valence electrons. The third-order valence-corrected chi connectivity index (χ3v) is 9.58. The highest BCUT2D eigenvalue weighted by molar-refractivity contribution is 7.91. The number of hydrogen-bond acceptors (Lipinski definition) is 8. The van der Waals surface area contributed by atoms with Gasteiger partial charge in [-0.2, -0.15) is 4.31 Å². The lowest BCUT2D eigenvalue weighted by atomic mass is 9.83. The molecule has 0 aliphatic carbocycles. The topological polar surface area (TPSA) is 105 Å². The van der Waals surface area contributed by atoms with Crippen LogP contribution in [-0.2, 0) is 29.1 Å². The zero-order chi connectivity index (χ0) is 22.8. The van der Waals surface area contributed by atoms with Gasteiger partial charge in [-0.3, -0.25) is 9.69 Å². The van der Waals surface area contributed by atoms with E-state index in [0.29, 0.717) is 21.9 Å². The van der Waals surface area contributed by atoms with Crippen LogP contribution in [0.3, 0.4) is 0 Å². The van der Waals surface area contributed by atoms with Crippen LogP contribution in [0.5, 0.6) is 0 Å². The smallest absolute Gasteiger partial charge is 0.335 e. The number of amides is 1. The highest BCUT2D eigenvalue weighted by Crippen LogP contribution is 2.42. The minimum atomic E-state index is -3.58. The lowest BCUT2D eigenvalue weighted by Crippen LogP contribution is -2.50. The van der Waals surface area contributed by atoms with Gasteiger partial charge in [0.15, 0.2) is 0 Å². The number of nitrogens with zero attached hydrogens (tertiary/aromatic N) is 2. The predicted octanol–water partition coefficient (Wildman–Crippen LogP) is 0.983. The number of esters is 1. The number of piperidine rings is 1. The van der Waals surface area contributed by atoms with Crippen molar-refractivity contribution in [2.75, 3.05) is 52.5 Å². The molecule has 4 heterocycles. The van der Waals surface area contributed by atoms with E-state index in [4.69, 9.17) is 9.47 Å². The molecule has 32 heavy (non-hydrogen) atoms. The molecule has 1 aromatic rings. The lowest BCUT2D eigenvalue weighted by molar-refractivity contribution is -0.150. The van der Waals surface area contributed by atoms with Crippen molar-refractivity contribution in [1.82, 2.24) is 14.5 Å². The maximum Gasteiger partial charge on any atom is 0.335 e. The molecule has 3 aliphatic heterocycles. The molecule has 2 saturated heterocycles. The van der Waals surface area contributed by atoms with Gasteiger partial charge in [-0.15, -0.1) is 11.3 Å². The first kappa shape index (κ1) is 23.4. The highest BCUT2D eigenvalue weighted by atomic mass is 32.2. The summed E-state index contributed by atoms with van der Waals surface area (Å²) >= 11 is 1.18. The summed E-state index contributed by atoms with van der Waals surface area (Å²) in [6, 6.07) is 3.29. The van der Waals surface area contributed by atoms with Gasteiger partial charge in [-0.25, -0.2) is 13.2 Å². The molecular formula is C21H29N3O6S2. The summed E-state index contributed by atoms with van der Waals surface area (Å²) in [5.41, 5.74) is -0.399. The molecule has 0 bridgehead atoms. The average Bonchev–Trinajstić information content (AvgIpc) is 3.40. The Kier molecular flexibility index (Phi) is 7.01. The van der Waals surface area contributed by atoms with Gasteiger partial charge in [-0.1, -0.05) is 6.07 Å². The summed E-state index contributed by atoms with van der Waals surface area (Å²) in [5, 5.41) is 4.66. The van der Waals surface area contributed by atoms with E-state index in [1.54, 1.807) is 24.4 Å². The molecule has 1 N–H and O–H groups in total. The minimum absolute atomic E-state index is 0.189. The van der Waals surface area contributed by atoms with E-state index in [1.165, 1.54) is 15.6 Å². The van der Waals surface area contributed by atoms with E-state index >= 15 is 0 Å². The highest BCUT2D eigenvalue weighted by Gasteiger charge is 2.52. The Morgan fingerprint density at radius 3 is 2.59 bits per heavy atom. The molecule has 0 radical (unpaired) electrons. The van der Waals surface area contributed by atoms with E-state index in [2.05, 4.69) is 10.2 Å². The maximum absolute atomic E-state index is 13.0. The Balaban J connectivity index is 1.37. The van der Waals surface area contributed by atoms with Gasteiger partial charge in [0.1, 0.15) is 9.81 Å². The Hall–Kier alpha value is -1.79. The molecule has 1 spiro atoms. The second-order valence-corrected chi connectivity index (χ2v) is 11.4. The Labute approximate surface area is 192 Å². The van der Waals surface area contributed by atoms with Crippen molar-refractivity contribution >= 4 is 33.2 Å². The summed E-state index contributed by atoms with van der Waals surface area (Å²) in [6.07, 6.45) is 1.32. The van der Waals surface area contributed by atoms with Crippen molar-refractivity contribution in [3.05, 3.63) is 28.7 Å². The van der Waals surface area contributed by atoms with E-state index < -0.39 is 21.6 Å². The summed E-state index contributed by atoms with van der Waals surface area (Å²) in [7, 11) is -3.58. The summed E-state index contributed by atoms with van der Waals surface area (Å²) in [4.78, 5) is 27.7. The second kappa shape index (κ2) is 9.60. The van der Waals surface area contributed by atoms with E-state index in [-0.39, 0.29) is 31.8 Å². The quantitative estimate of drug-likeness (QED) is 0.455. The second-order valence-electron chi connectivity index (χ2n) is 8.28. The van der Waals surface area contributed by atoms with Crippen LogP contribution in [0.4, 0.5) is 0 Å². The zero-order valence-corrected chi connectivity index (χ0v) is 19.8. The van der Waals surface area contributed by atoms with Gasteiger partial charge in [0.2, 0.25) is 0 Å². The monoisotopic (exact) mass is 483 g/mol. The van der Waals surface area contributed by atoms with Crippen molar-refractivity contribution in [1.29, 1.82) is 0 Å². The molecule has 0 saturated carbocycles. The van der Waals surface area contributed by atoms with Crippen molar-refractivity contribution in [2.24, 2.45) is 0 Å². The van der Waals surface area contributed by atoms with Crippen molar-refractivity contribution in [3.63, 3.8) is 0 Å². The van der Waals surface area contributed by atoms with Crippen LogP contribution in [0.15, 0.2) is 32.9 Å². The van der Waals surface area contributed by atoms with Gasteiger partial charge in [-0.05, 0) is 31.3 Å². The first-order valence-electron chi connectivity index (χ1n) is 10.9. The zero-order valence-electron chi connectivity index (χ0n) is 18.2. The largest absolute Gasteiger partial charge is 0.450 e. The number of carbonyl (C=O) groups excluding carboxylic acids is 2. The molecule has 0 atom stereocenters. The van der Waals surface area contributed by atoms with Crippen LogP contribution < -0.4 is 5.32 Å². The van der Waals surface area contributed by atoms with Gasteiger partial charge in [0.05, 0.1) is 18.8 Å². The van der Waals surface area contributed by atoms with Gasteiger partial charge >= 0.3 is 5.97 Å². The first-order valence-corrected chi connectivity index (χ1v) is 13.2. The maximum atomic E-state index is 13.0. The van der Waals surface area contributed by atoms with Crippen LogP contribution in [0.25, 0.3) is 0 Å². The van der Waals surface area contributed by atoms with E-state index in [1.807, 2.05) is 0 Å². The fourth-order valence-corrected chi connectivity index (χ4v) is 7.11. The molecule has 2 fully saturated rings. The number of ether oxygens (including phenoxy) is 2. The summed E-state index contributed by atoms with van der Waals surface area (Å²) in [5.74, 6) is -0.803. The summed E-state index contributed by atoms with van der Waals surface area (Å²) < 4.78 is 38.4. The van der Waals surface area contributed by atoms with Crippen LogP contribution in [-0.4, -0.2) is 87.6 Å². The number of rotatable bonds is 7. The number of carbonyl (C=O) groups is 2. The standard InChI is InChI=1S/C21H29N3O6S2/c1-16-18(19(25)22-7-3-8-23-11-13-29-14-12-23)21(30-20(16)26)5-9-24(10-6-21)32(27,28)17-4-2-15-31-17/h2,4,15H,3,5-14H2,1H3,(H,22,25). The molecule has 3 aliphatic rings. The SMILES string of the molecule is CC1=C(C(=O)NCCCN2CCOCC2)C2(CCN(S(=O)(=O)c3cccs3)CC2)OC1=O. The molecule has 1 aromatic heterocycles. The van der Waals surface area contributed by atoms with Crippen molar-refractivity contribution in [2.45, 2.75) is 36.0 Å². The Bertz CT molecular complexity index is 975. The van der Waals surface area contributed by atoms with Crippen LogP contribution in [0.2, 0.25) is 0 Å². The fraction of sp³-hybridized carbons (Fsp3) is 0.619. The molecule has 1 amide bonds. The van der Waals surface area contributed by atoms with Crippen LogP contribution in [0, 0.1) is 0 Å². The molecule has 11 heteroatoms. The average molecular weight is 484 g/mol. The van der Waals surface area contributed by atoms with Gasteiger partial charge in [0, 0.05) is 51.1 Å².